The zero-order chi connectivity index (χ0) is 18.0. The quantitative estimate of drug-likeness (QED) is 0.722. The lowest BCUT2D eigenvalue weighted by Crippen LogP contribution is -2.17. The number of nitrogens with zero attached hydrogens (tertiary/aromatic N) is 3. The smallest absolute Gasteiger partial charge is 0.277 e. The van der Waals surface area contributed by atoms with Crippen LogP contribution in [0.4, 0.5) is 5.13 Å². The van der Waals surface area contributed by atoms with Gasteiger partial charge >= 0.3 is 0 Å². The molecule has 6 nitrogen and oxygen atoms in total. The van der Waals surface area contributed by atoms with Crippen LogP contribution in [0.1, 0.15) is 23.1 Å². The highest BCUT2D eigenvalue weighted by atomic mass is 35.5. The lowest BCUT2D eigenvalue weighted by molar-refractivity contribution is 0.101. The fraction of sp³-hybridized carbons (Fsp3) is 0.235. The van der Waals surface area contributed by atoms with E-state index < -0.39 is 0 Å². The number of aryl methyl sites for hydroxylation is 2. The third kappa shape index (κ3) is 3.52. The first-order valence-corrected chi connectivity index (χ1v) is 8.93. The van der Waals surface area contributed by atoms with Gasteiger partial charge < -0.3 is 4.74 Å². The van der Waals surface area contributed by atoms with Crippen molar-refractivity contribution >= 4 is 34.0 Å². The molecule has 2 heterocycles. The van der Waals surface area contributed by atoms with Crippen LogP contribution in [0.15, 0.2) is 29.6 Å². The van der Waals surface area contributed by atoms with Crippen LogP contribution in [0.25, 0.3) is 11.3 Å². The van der Waals surface area contributed by atoms with E-state index in [-0.39, 0.29) is 5.91 Å². The number of amides is 1. The molecule has 1 N–H and O–H groups in total. The summed E-state index contributed by atoms with van der Waals surface area (Å²) in [6, 6.07) is 7.59. The zero-order valence-electron chi connectivity index (χ0n) is 14.0. The Morgan fingerprint density at radius 3 is 2.72 bits per heavy atom. The van der Waals surface area contributed by atoms with Crippen LogP contribution in [0.2, 0.25) is 5.02 Å². The average Bonchev–Trinajstić information content (AvgIpc) is 3.20. The monoisotopic (exact) mass is 376 g/mol. The molecule has 130 valence electrons. The van der Waals surface area contributed by atoms with E-state index in [0.717, 1.165) is 17.0 Å². The normalized spacial score (nSPS) is 10.7. The van der Waals surface area contributed by atoms with Crippen molar-refractivity contribution in [3.63, 3.8) is 0 Å². The predicted molar refractivity (Wildman–Crippen MR) is 99.7 cm³/mol. The molecule has 1 aromatic carbocycles. The third-order valence-corrected chi connectivity index (χ3v) is 4.89. The molecule has 0 saturated heterocycles. The molecule has 0 atom stereocenters. The number of benzene rings is 1. The molecule has 1 amide bonds. The molecule has 0 aliphatic rings. The van der Waals surface area contributed by atoms with E-state index in [4.69, 9.17) is 16.3 Å². The van der Waals surface area contributed by atoms with Gasteiger partial charge in [-0.1, -0.05) is 11.6 Å². The number of hydrogen-bond acceptors (Lipinski definition) is 5. The van der Waals surface area contributed by atoms with Gasteiger partial charge in [0.1, 0.15) is 11.4 Å². The molecule has 0 unspecified atom stereocenters. The van der Waals surface area contributed by atoms with Gasteiger partial charge in [0.15, 0.2) is 5.13 Å². The van der Waals surface area contributed by atoms with Crippen molar-refractivity contribution in [2.75, 3.05) is 12.4 Å². The average molecular weight is 377 g/mol. The summed E-state index contributed by atoms with van der Waals surface area (Å²) in [4.78, 5) is 17.0. The summed E-state index contributed by atoms with van der Waals surface area (Å²) >= 11 is 7.57. The Bertz CT molecular complexity index is 902. The van der Waals surface area contributed by atoms with Crippen molar-refractivity contribution in [2.24, 2.45) is 0 Å². The summed E-state index contributed by atoms with van der Waals surface area (Å²) in [5, 5.41) is 9.82. The van der Waals surface area contributed by atoms with Gasteiger partial charge in [-0.25, -0.2) is 4.98 Å². The topological polar surface area (TPSA) is 69.0 Å². The van der Waals surface area contributed by atoms with Gasteiger partial charge in [-0.15, -0.1) is 11.3 Å². The first kappa shape index (κ1) is 17.4. The van der Waals surface area contributed by atoms with Gasteiger partial charge in [0.25, 0.3) is 5.91 Å². The minimum Gasteiger partial charge on any atom is -0.497 e. The molecule has 3 rings (SSSR count). The van der Waals surface area contributed by atoms with Gasteiger partial charge in [0.05, 0.1) is 23.5 Å². The highest BCUT2D eigenvalue weighted by molar-refractivity contribution is 7.14. The van der Waals surface area contributed by atoms with E-state index in [1.165, 1.54) is 11.3 Å². The van der Waals surface area contributed by atoms with Crippen LogP contribution < -0.4 is 10.1 Å². The molecule has 0 radical (unpaired) electrons. The number of methoxy groups -OCH3 is 1. The number of hydrogen-bond donors (Lipinski definition) is 1. The lowest BCUT2D eigenvalue weighted by atomic mass is 10.2. The number of aromatic nitrogens is 3. The molecule has 2 aromatic heterocycles. The van der Waals surface area contributed by atoms with E-state index in [0.29, 0.717) is 28.1 Å². The second kappa shape index (κ2) is 7.25. The number of carbonyl (C=O) groups is 1. The third-order valence-electron chi connectivity index (χ3n) is 3.68. The van der Waals surface area contributed by atoms with Crippen molar-refractivity contribution in [1.82, 2.24) is 14.8 Å². The fourth-order valence-corrected chi connectivity index (χ4v) is 3.32. The van der Waals surface area contributed by atoms with E-state index in [1.807, 2.05) is 36.6 Å². The molecule has 0 fully saturated rings. The number of carbonyl (C=O) groups excluding carboxylic acids is 1. The van der Waals surface area contributed by atoms with Crippen molar-refractivity contribution in [1.29, 1.82) is 0 Å². The highest BCUT2D eigenvalue weighted by Crippen LogP contribution is 2.27. The largest absolute Gasteiger partial charge is 0.497 e. The maximum Gasteiger partial charge on any atom is 0.277 e. The van der Waals surface area contributed by atoms with Gasteiger partial charge in [-0.2, -0.15) is 5.10 Å². The predicted octanol–water partition coefficient (Wildman–Crippen LogP) is 4.25. The summed E-state index contributed by atoms with van der Waals surface area (Å²) in [6.07, 6.45) is 0. The zero-order valence-corrected chi connectivity index (χ0v) is 15.6. The van der Waals surface area contributed by atoms with E-state index >= 15 is 0 Å². The van der Waals surface area contributed by atoms with Gasteiger partial charge in [0.2, 0.25) is 0 Å². The molecule has 0 spiro atoms. The molecule has 0 aliphatic carbocycles. The van der Waals surface area contributed by atoms with Crippen LogP contribution >= 0.6 is 22.9 Å². The minimum absolute atomic E-state index is 0.317. The van der Waals surface area contributed by atoms with Crippen molar-refractivity contribution in [2.45, 2.75) is 20.4 Å². The van der Waals surface area contributed by atoms with Crippen LogP contribution in [0.5, 0.6) is 5.75 Å². The Kier molecular flexibility index (Phi) is 5.06. The maximum absolute atomic E-state index is 12.6. The number of thiazole rings is 1. The van der Waals surface area contributed by atoms with Crippen molar-refractivity contribution < 1.29 is 9.53 Å². The van der Waals surface area contributed by atoms with Crippen LogP contribution in [-0.2, 0) is 6.54 Å². The van der Waals surface area contributed by atoms with Gasteiger partial charge in [0, 0.05) is 17.5 Å². The maximum atomic E-state index is 12.6. The number of halogens is 1. The Labute approximate surface area is 154 Å². The summed E-state index contributed by atoms with van der Waals surface area (Å²) in [5.41, 5.74) is 2.72. The summed E-state index contributed by atoms with van der Waals surface area (Å²) in [5.74, 6) is 0.466. The first-order chi connectivity index (χ1) is 12.0. The molecule has 25 heavy (non-hydrogen) atoms. The minimum atomic E-state index is -0.317. The first-order valence-electron chi connectivity index (χ1n) is 7.67. The second-order valence-corrected chi connectivity index (χ2v) is 6.52. The Balaban J connectivity index is 1.80. The van der Waals surface area contributed by atoms with Crippen LogP contribution in [-0.4, -0.2) is 27.8 Å². The standard InChI is InChI=1S/C17H17ClN4O2S/c1-4-22-15(14(18)10(2)21-22)16(23)20-17-19-13(9-25-17)11-5-7-12(24-3)8-6-11/h5-9H,4H2,1-3H3,(H,19,20,23). The van der Waals surface area contributed by atoms with E-state index in [2.05, 4.69) is 15.4 Å². The number of anilines is 1. The lowest BCUT2D eigenvalue weighted by Gasteiger charge is -2.05. The number of rotatable bonds is 5. The molecule has 0 bridgehead atoms. The molecule has 3 aromatic rings. The van der Waals surface area contributed by atoms with Gasteiger partial charge in [-0.05, 0) is 38.1 Å². The molecular formula is C17H17ClN4O2S. The Morgan fingerprint density at radius 2 is 2.08 bits per heavy atom. The Morgan fingerprint density at radius 1 is 1.36 bits per heavy atom. The second-order valence-electron chi connectivity index (χ2n) is 5.28. The highest BCUT2D eigenvalue weighted by Gasteiger charge is 2.20. The SMILES string of the molecule is CCn1nc(C)c(Cl)c1C(=O)Nc1nc(-c2ccc(OC)cc2)cs1. The molecular weight excluding hydrogens is 360 g/mol. The van der Waals surface area contributed by atoms with E-state index in [1.54, 1.807) is 18.7 Å². The summed E-state index contributed by atoms with van der Waals surface area (Å²) < 4.78 is 6.74. The fourth-order valence-electron chi connectivity index (χ4n) is 2.39. The van der Waals surface area contributed by atoms with Crippen molar-refractivity contribution in [3.8, 4) is 17.0 Å². The summed E-state index contributed by atoms with van der Waals surface area (Å²) in [7, 11) is 1.62. The van der Waals surface area contributed by atoms with Gasteiger partial charge in [-0.3, -0.25) is 14.8 Å². The number of nitrogens with one attached hydrogen (secondary N) is 1. The molecule has 8 heteroatoms. The molecule has 0 saturated carbocycles. The van der Waals surface area contributed by atoms with E-state index in [9.17, 15) is 4.79 Å². The summed E-state index contributed by atoms with van der Waals surface area (Å²) in [6.45, 7) is 4.24. The Hall–Kier alpha value is -2.38. The van der Waals surface area contributed by atoms with Crippen LogP contribution in [0, 0.1) is 6.92 Å². The number of ether oxygens (including phenoxy) is 1. The van der Waals surface area contributed by atoms with Crippen molar-refractivity contribution in [3.05, 3.63) is 46.1 Å². The molecule has 0 aliphatic heterocycles. The van der Waals surface area contributed by atoms with Crippen LogP contribution in [0.3, 0.4) is 0 Å².